The van der Waals surface area contributed by atoms with Gasteiger partial charge in [-0.3, -0.25) is 0 Å². The second-order valence-electron chi connectivity index (χ2n) is 4.62. The SMILES string of the molecule is [Cl-].[Cl-].[Cl-].[Zr+4].[c-]1cc2ccccc2[nH]1.c1ccc2c(c1)CCC2. The van der Waals surface area contributed by atoms with Gasteiger partial charge in [-0.1, -0.05) is 36.4 Å². The first-order chi connectivity index (χ1) is 8.93. The van der Waals surface area contributed by atoms with Gasteiger partial charge in [0, 0.05) is 0 Å². The molecule has 0 radical (unpaired) electrons. The standard InChI is InChI=1S/C9H10.C8H6N.3ClH.Zr/c1-2-5-9-7-3-6-8(9)4-1;1-2-4-8-7(3-1)5-6-9-8;;;;/h1-2,4-5H,3,6-7H2;1-5,9H;3*1H;/q;-1;;;;+4/p-3. The Hall–Kier alpha value is -0.267. The minimum atomic E-state index is 0. The van der Waals surface area contributed by atoms with Crippen molar-refractivity contribution in [1.82, 2.24) is 4.98 Å². The Balaban J connectivity index is 0. The number of nitrogens with one attached hydrogen (secondary N) is 1. The maximum Gasteiger partial charge on any atom is 4.00 e. The molecular weight excluding hydrogens is 416 g/mol. The Morgan fingerprint density at radius 3 is 1.91 bits per heavy atom. The van der Waals surface area contributed by atoms with E-state index in [4.69, 9.17) is 0 Å². The summed E-state index contributed by atoms with van der Waals surface area (Å²) in [6, 6.07) is 18.8. The van der Waals surface area contributed by atoms with Crippen molar-refractivity contribution in [3.8, 4) is 0 Å². The second-order valence-corrected chi connectivity index (χ2v) is 4.62. The molecule has 4 rings (SSSR count). The average molecular weight is 432 g/mol. The Morgan fingerprint density at radius 2 is 1.32 bits per heavy atom. The van der Waals surface area contributed by atoms with Crippen LogP contribution in [0.4, 0.5) is 0 Å². The van der Waals surface area contributed by atoms with Crippen molar-refractivity contribution in [2.75, 3.05) is 0 Å². The second kappa shape index (κ2) is 12.2. The van der Waals surface area contributed by atoms with E-state index >= 15 is 0 Å². The van der Waals surface area contributed by atoms with Crippen LogP contribution >= 0.6 is 0 Å². The zero-order chi connectivity index (χ0) is 12.2. The first-order valence-electron chi connectivity index (χ1n) is 6.44. The third kappa shape index (κ3) is 6.09. The van der Waals surface area contributed by atoms with Crippen LogP contribution in [0.3, 0.4) is 0 Å². The largest absolute Gasteiger partial charge is 4.00 e. The van der Waals surface area contributed by atoms with Crippen LogP contribution in [0.15, 0.2) is 54.6 Å². The van der Waals surface area contributed by atoms with Gasteiger partial charge in [-0.05, 0) is 30.4 Å². The molecule has 0 aliphatic heterocycles. The van der Waals surface area contributed by atoms with Crippen LogP contribution in [0.5, 0.6) is 0 Å². The molecule has 1 N–H and O–H groups in total. The van der Waals surface area contributed by atoms with E-state index in [0.717, 1.165) is 5.52 Å². The molecule has 0 fully saturated rings. The maximum atomic E-state index is 2.99. The number of rotatable bonds is 0. The van der Waals surface area contributed by atoms with E-state index in [1.165, 1.54) is 24.6 Å². The van der Waals surface area contributed by atoms with Crippen molar-refractivity contribution in [2.24, 2.45) is 0 Å². The number of benzene rings is 2. The van der Waals surface area contributed by atoms with Crippen molar-refractivity contribution < 1.29 is 63.4 Å². The third-order valence-electron chi connectivity index (χ3n) is 3.41. The smallest absolute Gasteiger partial charge is 1.00 e. The first kappa shape index (κ1) is 24.0. The molecule has 1 aliphatic carbocycles. The molecule has 5 heteroatoms. The van der Waals surface area contributed by atoms with Crippen molar-refractivity contribution in [1.29, 1.82) is 0 Å². The van der Waals surface area contributed by atoms with Gasteiger partial charge < -0.3 is 42.2 Å². The van der Waals surface area contributed by atoms with E-state index in [2.05, 4.69) is 41.5 Å². The van der Waals surface area contributed by atoms with E-state index in [9.17, 15) is 0 Å². The molecule has 0 amide bonds. The quantitative estimate of drug-likeness (QED) is 0.344. The molecule has 0 unspecified atom stereocenters. The molecule has 0 saturated heterocycles. The van der Waals surface area contributed by atoms with Crippen LogP contribution in [0.2, 0.25) is 0 Å². The summed E-state index contributed by atoms with van der Waals surface area (Å²) in [5.41, 5.74) is 4.28. The summed E-state index contributed by atoms with van der Waals surface area (Å²) in [4.78, 5) is 2.99. The fourth-order valence-corrected chi connectivity index (χ4v) is 2.44. The maximum absolute atomic E-state index is 2.99. The van der Waals surface area contributed by atoms with Crippen molar-refractivity contribution in [3.05, 3.63) is 71.9 Å². The van der Waals surface area contributed by atoms with Crippen LogP contribution in [0.1, 0.15) is 17.5 Å². The zero-order valence-corrected chi connectivity index (χ0v) is 16.7. The minimum absolute atomic E-state index is 0. The van der Waals surface area contributed by atoms with Crippen molar-refractivity contribution >= 4 is 10.9 Å². The summed E-state index contributed by atoms with van der Waals surface area (Å²) in [5, 5.41) is 1.22. The summed E-state index contributed by atoms with van der Waals surface area (Å²) >= 11 is 0. The number of hydrogen-bond donors (Lipinski definition) is 1. The van der Waals surface area contributed by atoms with Gasteiger partial charge in [0.05, 0.1) is 0 Å². The monoisotopic (exact) mass is 429 g/mol. The molecular formula is C17H16Cl3NZr. The van der Waals surface area contributed by atoms with Gasteiger partial charge in [0.15, 0.2) is 0 Å². The molecule has 22 heavy (non-hydrogen) atoms. The van der Waals surface area contributed by atoms with Crippen molar-refractivity contribution in [3.63, 3.8) is 0 Å². The predicted molar refractivity (Wildman–Crippen MR) is 75.6 cm³/mol. The molecule has 2 aromatic carbocycles. The Labute approximate surface area is 169 Å². The Morgan fingerprint density at radius 1 is 0.773 bits per heavy atom. The zero-order valence-electron chi connectivity index (χ0n) is 12.0. The molecule has 114 valence electrons. The molecule has 1 nitrogen and oxygen atoms in total. The van der Waals surface area contributed by atoms with Crippen LogP contribution in [0, 0.1) is 6.20 Å². The Kier molecular flexibility index (Phi) is 13.3. The Bertz CT molecular complexity index is 602. The van der Waals surface area contributed by atoms with Gasteiger partial charge in [0.25, 0.3) is 0 Å². The molecule has 1 aromatic heterocycles. The van der Waals surface area contributed by atoms with E-state index < -0.39 is 0 Å². The number of aromatic amines is 1. The molecule has 0 spiro atoms. The van der Waals surface area contributed by atoms with E-state index in [1.54, 1.807) is 11.1 Å². The van der Waals surface area contributed by atoms with Crippen LogP contribution in [0.25, 0.3) is 10.9 Å². The normalized spacial score (nSPS) is 10.5. The molecule has 0 saturated carbocycles. The molecule has 1 aliphatic rings. The minimum Gasteiger partial charge on any atom is -1.00 e. The fourth-order valence-electron chi connectivity index (χ4n) is 2.44. The summed E-state index contributed by atoms with van der Waals surface area (Å²) in [7, 11) is 0. The number of hydrogen-bond acceptors (Lipinski definition) is 0. The number of aromatic nitrogens is 1. The van der Waals surface area contributed by atoms with Gasteiger partial charge in [-0.25, -0.2) is 0 Å². The fraction of sp³-hybridized carbons (Fsp3) is 0.176. The third-order valence-corrected chi connectivity index (χ3v) is 3.41. The number of halogens is 3. The van der Waals surface area contributed by atoms with Crippen LogP contribution < -0.4 is 37.2 Å². The van der Waals surface area contributed by atoms with Gasteiger partial charge >= 0.3 is 26.2 Å². The predicted octanol–water partition coefficient (Wildman–Crippen LogP) is -4.85. The molecule has 3 aromatic rings. The summed E-state index contributed by atoms with van der Waals surface area (Å²) in [6.45, 7) is 0. The van der Waals surface area contributed by atoms with Crippen molar-refractivity contribution in [2.45, 2.75) is 19.3 Å². The van der Waals surface area contributed by atoms with Gasteiger partial charge in [0.2, 0.25) is 0 Å². The van der Waals surface area contributed by atoms with E-state index in [0.29, 0.717) is 0 Å². The summed E-state index contributed by atoms with van der Waals surface area (Å²) in [5.74, 6) is 0. The van der Waals surface area contributed by atoms with Gasteiger partial charge in [0.1, 0.15) is 0 Å². The van der Waals surface area contributed by atoms with Gasteiger partial charge in [-0.15, -0.1) is 23.8 Å². The number of aryl methyl sites for hydroxylation is 2. The number of para-hydroxylation sites is 1. The molecule has 0 atom stereocenters. The van der Waals surface area contributed by atoms with Crippen LogP contribution in [-0.2, 0) is 39.0 Å². The topological polar surface area (TPSA) is 15.8 Å². The number of H-pyrrole nitrogens is 1. The molecule has 1 heterocycles. The van der Waals surface area contributed by atoms with Gasteiger partial charge in [-0.2, -0.15) is 11.5 Å². The van der Waals surface area contributed by atoms with E-state index in [1.807, 2.05) is 24.3 Å². The van der Waals surface area contributed by atoms with E-state index in [-0.39, 0.29) is 63.4 Å². The summed E-state index contributed by atoms with van der Waals surface area (Å²) in [6.07, 6.45) is 6.88. The first-order valence-corrected chi connectivity index (χ1v) is 6.44. The average Bonchev–Trinajstić information content (AvgIpc) is 3.08. The number of fused-ring (bicyclic) bond motifs is 2. The molecule has 0 bridgehead atoms. The summed E-state index contributed by atoms with van der Waals surface area (Å²) < 4.78 is 0. The van der Waals surface area contributed by atoms with Crippen LogP contribution in [-0.4, -0.2) is 4.98 Å².